The van der Waals surface area contributed by atoms with Crippen LogP contribution < -0.4 is 4.90 Å². The Morgan fingerprint density at radius 1 is 1.30 bits per heavy atom. The second-order valence-corrected chi connectivity index (χ2v) is 4.79. The summed E-state index contributed by atoms with van der Waals surface area (Å²) in [6, 6.07) is 6.55. The minimum absolute atomic E-state index is 0.0444. The van der Waals surface area contributed by atoms with Crippen LogP contribution in [0.1, 0.15) is 6.42 Å². The second kappa shape index (κ2) is 6.33. The molecule has 1 saturated heterocycles. The van der Waals surface area contributed by atoms with Crippen molar-refractivity contribution in [1.82, 2.24) is 4.90 Å². The number of carboxylic acids is 1. The van der Waals surface area contributed by atoms with Crippen LogP contribution in [-0.2, 0) is 4.79 Å². The van der Waals surface area contributed by atoms with Gasteiger partial charge in [-0.25, -0.2) is 0 Å². The number of anilines is 1. The van der Waals surface area contributed by atoms with E-state index in [1.807, 2.05) is 11.0 Å². The van der Waals surface area contributed by atoms with Gasteiger partial charge in [0.1, 0.15) is 0 Å². The zero-order chi connectivity index (χ0) is 14.5. The first-order chi connectivity index (χ1) is 9.56. The highest BCUT2D eigenvalue weighted by atomic mass is 16.6. The Morgan fingerprint density at radius 3 is 2.80 bits per heavy atom. The molecule has 0 aliphatic carbocycles. The van der Waals surface area contributed by atoms with Gasteiger partial charge in [0.25, 0.3) is 5.69 Å². The van der Waals surface area contributed by atoms with Crippen LogP contribution in [0.3, 0.4) is 0 Å². The quantitative estimate of drug-likeness (QED) is 0.658. The molecule has 1 fully saturated rings. The van der Waals surface area contributed by atoms with Crippen LogP contribution in [0.4, 0.5) is 11.4 Å². The van der Waals surface area contributed by atoms with Gasteiger partial charge in [-0.05, 0) is 12.5 Å². The first kappa shape index (κ1) is 14.3. The Balaban J connectivity index is 2.04. The lowest BCUT2D eigenvalue weighted by atomic mass is 10.2. The molecule has 0 radical (unpaired) electrons. The summed E-state index contributed by atoms with van der Waals surface area (Å²) in [7, 11) is 0. The summed E-state index contributed by atoms with van der Waals surface area (Å²) >= 11 is 0. The SMILES string of the molecule is O=C(O)CN1CCCN(c2cccc([N+](=O)[O-])c2)CC1. The van der Waals surface area contributed by atoms with Crippen molar-refractivity contribution in [2.75, 3.05) is 37.6 Å². The average Bonchev–Trinajstić information content (AvgIpc) is 2.64. The molecule has 0 unspecified atom stereocenters. The lowest BCUT2D eigenvalue weighted by Gasteiger charge is -2.22. The van der Waals surface area contributed by atoms with Crippen molar-refractivity contribution in [2.45, 2.75) is 6.42 Å². The largest absolute Gasteiger partial charge is 0.480 e. The van der Waals surface area contributed by atoms with E-state index in [1.54, 1.807) is 12.1 Å². The van der Waals surface area contributed by atoms with Crippen LogP contribution in [0, 0.1) is 10.1 Å². The molecule has 0 bridgehead atoms. The van der Waals surface area contributed by atoms with Crippen molar-refractivity contribution in [1.29, 1.82) is 0 Å². The molecule has 1 heterocycles. The summed E-state index contributed by atoms with van der Waals surface area (Å²) in [4.78, 5) is 25.1. The minimum Gasteiger partial charge on any atom is -0.480 e. The van der Waals surface area contributed by atoms with E-state index in [-0.39, 0.29) is 12.2 Å². The number of carboxylic acid groups (broad SMARTS) is 1. The van der Waals surface area contributed by atoms with E-state index in [1.165, 1.54) is 6.07 Å². The van der Waals surface area contributed by atoms with E-state index >= 15 is 0 Å². The summed E-state index contributed by atoms with van der Waals surface area (Å²) in [5, 5.41) is 19.6. The first-order valence-electron chi connectivity index (χ1n) is 6.50. The summed E-state index contributed by atoms with van der Waals surface area (Å²) in [6.07, 6.45) is 0.843. The van der Waals surface area contributed by atoms with Crippen molar-refractivity contribution >= 4 is 17.3 Å². The fraction of sp³-hybridized carbons (Fsp3) is 0.462. The Hall–Kier alpha value is -2.15. The van der Waals surface area contributed by atoms with Crippen LogP contribution in [-0.4, -0.2) is 53.6 Å². The molecule has 0 atom stereocenters. The topological polar surface area (TPSA) is 86.9 Å². The highest BCUT2D eigenvalue weighted by Gasteiger charge is 2.18. The molecule has 1 aromatic carbocycles. The van der Waals surface area contributed by atoms with Crippen molar-refractivity contribution in [2.24, 2.45) is 0 Å². The van der Waals surface area contributed by atoms with Crippen LogP contribution in [0.5, 0.6) is 0 Å². The number of non-ortho nitro benzene ring substituents is 1. The van der Waals surface area contributed by atoms with Crippen molar-refractivity contribution in [3.63, 3.8) is 0 Å². The van der Waals surface area contributed by atoms with Crippen molar-refractivity contribution in [3.05, 3.63) is 34.4 Å². The van der Waals surface area contributed by atoms with Crippen molar-refractivity contribution < 1.29 is 14.8 Å². The van der Waals surface area contributed by atoms with Crippen molar-refractivity contribution in [3.8, 4) is 0 Å². The number of hydrogen-bond acceptors (Lipinski definition) is 5. The number of nitro groups is 1. The van der Waals surface area contributed by atoms with Gasteiger partial charge < -0.3 is 10.0 Å². The Morgan fingerprint density at radius 2 is 2.10 bits per heavy atom. The van der Waals surface area contributed by atoms with Crippen LogP contribution >= 0.6 is 0 Å². The maximum Gasteiger partial charge on any atom is 0.317 e. The van der Waals surface area contributed by atoms with Crippen LogP contribution in [0.15, 0.2) is 24.3 Å². The van der Waals surface area contributed by atoms with Gasteiger partial charge in [-0.15, -0.1) is 0 Å². The molecule has 0 saturated carbocycles. The van der Waals surface area contributed by atoms with E-state index < -0.39 is 10.9 Å². The number of benzene rings is 1. The summed E-state index contributed by atoms with van der Waals surface area (Å²) in [5.74, 6) is -0.825. The van der Waals surface area contributed by atoms with E-state index in [0.29, 0.717) is 13.1 Å². The highest BCUT2D eigenvalue weighted by molar-refractivity contribution is 5.69. The van der Waals surface area contributed by atoms with Gasteiger partial charge in [0, 0.05) is 44.0 Å². The molecule has 1 aliphatic rings. The molecule has 1 N–H and O–H groups in total. The lowest BCUT2D eigenvalue weighted by Crippen LogP contribution is -2.34. The zero-order valence-corrected chi connectivity index (χ0v) is 11.1. The Labute approximate surface area is 116 Å². The molecule has 108 valence electrons. The minimum atomic E-state index is -0.825. The molecule has 7 nitrogen and oxygen atoms in total. The van der Waals surface area contributed by atoms with E-state index in [9.17, 15) is 14.9 Å². The molecule has 20 heavy (non-hydrogen) atoms. The molecular weight excluding hydrogens is 262 g/mol. The normalized spacial score (nSPS) is 16.7. The third-order valence-electron chi connectivity index (χ3n) is 3.35. The number of aliphatic carboxylic acids is 1. The number of rotatable bonds is 4. The third-order valence-corrected chi connectivity index (χ3v) is 3.35. The molecular formula is C13H17N3O4. The average molecular weight is 279 g/mol. The predicted octanol–water partition coefficient (Wildman–Crippen LogP) is 1.19. The Kier molecular flexibility index (Phi) is 4.52. The molecule has 0 spiro atoms. The van der Waals surface area contributed by atoms with Gasteiger partial charge in [0.05, 0.1) is 11.5 Å². The molecule has 0 amide bonds. The summed E-state index contributed by atoms with van der Waals surface area (Å²) in [6.45, 7) is 2.88. The van der Waals surface area contributed by atoms with Gasteiger partial charge in [-0.2, -0.15) is 0 Å². The predicted molar refractivity (Wildman–Crippen MR) is 74.0 cm³/mol. The maximum absolute atomic E-state index is 10.8. The number of hydrogen-bond donors (Lipinski definition) is 1. The van der Waals surface area contributed by atoms with E-state index in [4.69, 9.17) is 5.11 Å². The number of nitrogens with zero attached hydrogens (tertiary/aromatic N) is 3. The molecule has 7 heteroatoms. The van der Waals surface area contributed by atoms with Gasteiger partial charge >= 0.3 is 5.97 Å². The van der Waals surface area contributed by atoms with Gasteiger partial charge in [0.2, 0.25) is 0 Å². The van der Waals surface area contributed by atoms with Crippen LogP contribution in [0.2, 0.25) is 0 Å². The van der Waals surface area contributed by atoms with Gasteiger partial charge in [-0.3, -0.25) is 19.8 Å². The van der Waals surface area contributed by atoms with Gasteiger partial charge in [0.15, 0.2) is 0 Å². The smallest absolute Gasteiger partial charge is 0.317 e. The zero-order valence-electron chi connectivity index (χ0n) is 11.1. The van der Waals surface area contributed by atoms with Gasteiger partial charge in [-0.1, -0.05) is 6.07 Å². The number of nitro benzene ring substituents is 1. The molecule has 2 rings (SSSR count). The monoisotopic (exact) mass is 279 g/mol. The van der Waals surface area contributed by atoms with Crippen LogP contribution in [0.25, 0.3) is 0 Å². The van der Waals surface area contributed by atoms with E-state index in [0.717, 1.165) is 25.2 Å². The summed E-state index contributed by atoms with van der Waals surface area (Å²) < 4.78 is 0. The maximum atomic E-state index is 10.8. The molecule has 1 aromatic rings. The van der Waals surface area contributed by atoms with E-state index in [2.05, 4.69) is 4.90 Å². The first-order valence-corrected chi connectivity index (χ1v) is 6.50. The lowest BCUT2D eigenvalue weighted by molar-refractivity contribution is -0.384. The highest BCUT2D eigenvalue weighted by Crippen LogP contribution is 2.22. The fourth-order valence-electron chi connectivity index (χ4n) is 2.38. The third kappa shape index (κ3) is 3.67. The number of carbonyl (C=O) groups is 1. The standard InChI is InChI=1S/C13H17N3O4/c17-13(18)10-14-5-2-6-15(8-7-14)11-3-1-4-12(9-11)16(19)20/h1,3-4,9H,2,5-8,10H2,(H,17,18). The molecule has 0 aromatic heterocycles. The second-order valence-electron chi connectivity index (χ2n) is 4.79. The Bertz CT molecular complexity index is 506. The molecule has 1 aliphatic heterocycles. The summed E-state index contributed by atoms with van der Waals surface area (Å²) in [5.41, 5.74) is 0.894. The fourth-order valence-corrected chi connectivity index (χ4v) is 2.38.